The molecule has 25 heavy (non-hydrogen) atoms. The SMILES string of the molecule is C[C@H]1CCCCN1CCNC(=O)C1CCN(C(=O)c2ccco2)CC1. The second kappa shape index (κ2) is 8.52. The zero-order valence-electron chi connectivity index (χ0n) is 15.1. The van der Waals surface area contributed by atoms with E-state index in [-0.39, 0.29) is 17.7 Å². The van der Waals surface area contributed by atoms with Crippen molar-refractivity contribution in [3.05, 3.63) is 24.2 Å². The number of piperidine rings is 2. The van der Waals surface area contributed by atoms with Crippen LogP contribution < -0.4 is 5.32 Å². The van der Waals surface area contributed by atoms with Crippen LogP contribution in [0.25, 0.3) is 0 Å². The number of nitrogens with one attached hydrogen (secondary N) is 1. The Morgan fingerprint density at radius 3 is 2.68 bits per heavy atom. The van der Waals surface area contributed by atoms with Crippen molar-refractivity contribution in [3.8, 4) is 0 Å². The van der Waals surface area contributed by atoms with E-state index in [9.17, 15) is 9.59 Å². The number of nitrogens with zero attached hydrogens (tertiary/aromatic N) is 2. The minimum absolute atomic E-state index is 0.0134. The number of likely N-dealkylation sites (tertiary alicyclic amines) is 2. The van der Waals surface area contributed by atoms with Gasteiger partial charge in [-0.3, -0.25) is 14.5 Å². The van der Waals surface area contributed by atoms with Gasteiger partial charge >= 0.3 is 0 Å². The van der Waals surface area contributed by atoms with Crippen LogP contribution >= 0.6 is 0 Å². The first-order chi connectivity index (χ1) is 12.1. The van der Waals surface area contributed by atoms with Gasteiger partial charge in [0.2, 0.25) is 5.91 Å². The summed E-state index contributed by atoms with van der Waals surface area (Å²) in [5.41, 5.74) is 0. The van der Waals surface area contributed by atoms with E-state index >= 15 is 0 Å². The predicted octanol–water partition coefficient (Wildman–Crippen LogP) is 2.12. The summed E-state index contributed by atoms with van der Waals surface area (Å²) in [6, 6.07) is 4.03. The second-order valence-corrected chi connectivity index (χ2v) is 7.22. The highest BCUT2D eigenvalue weighted by Crippen LogP contribution is 2.20. The van der Waals surface area contributed by atoms with Gasteiger partial charge in [-0.1, -0.05) is 6.42 Å². The van der Waals surface area contributed by atoms with E-state index in [4.69, 9.17) is 4.42 Å². The fraction of sp³-hybridized carbons (Fsp3) is 0.684. The molecule has 0 saturated carbocycles. The third-order valence-corrected chi connectivity index (χ3v) is 5.52. The number of carbonyl (C=O) groups is 2. The Morgan fingerprint density at radius 2 is 2.00 bits per heavy atom. The van der Waals surface area contributed by atoms with Crippen molar-refractivity contribution in [2.24, 2.45) is 5.92 Å². The topological polar surface area (TPSA) is 65.8 Å². The molecule has 0 aliphatic carbocycles. The molecule has 1 N–H and O–H groups in total. The van der Waals surface area contributed by atoms with Crippen LogP contribution in [0.5, 0.6) is 0 Å². The van der Waals surface area contributed by atoms with Crippen LogP contribution in [0.2, 0.25) is 0 Å². The molecular formula is C19H29N3O3. The van der Waals surface area contributed by atoms with E-state index < -0.39 is 0 Å². The Bertz CT molecular complexity index is 564. The van der Waals surface area contributed by atoms with Gasteiger partial charge in [-0.05, 0) is 51.3 Å². The first kappa shape index (κ1) is 18.0. The van der Waals surface area contributed by atoms with Crippen LogP contribution in [-0.4, -0.2) is 60.4 Å². The maximum Gasteiger partial charge on any atom is 0.289 e. The van der Waals surface area contributed by atoms with Crippen molar-refractivity contribution < 1.29 is 14.0 Å². The van der Waals surface area contributed by atoms with Gasteiger partial charge in [0.25, 0.3) is 5.91 Å². The summed E-state index contributed by atoms with van der Waals surface area (Å²) in [4.78, 5) is 28.9. The van der Waals surface area contributed by atoms with Crippen molar-refractivity contribution in [1.82, 2.24) is 15.1 Å². The number of hydrogen-bond donors (Lipinski definition) is 1. The van der Waals surface area contributed by atoms with Crippen molar-refractivity contribution in [2.75, 3.05) is 32.7 Å². The Kier molecular flexibility index (Phi) is 6.13. The van der Waals surface area contributed by atoms with Gasteiger partial charge in [-0.15, -0.1) is 0 Å². The minimum atomic E-state index is -0.0806. The lowest BCUT2D eigenvalue weighted by Crippen LogP contribution is -2.46. The van der Waals surface area contributed by atoms with Crippen molar-refractivity contribution >= 4 is 11.8 Å². The molecule has 1 aromatic rings. The molecule has 0 bridgehead atoms. The minimum Gasteiger partial charge on any atom is -0.459 e. The average molecular weight is 347 g/mol. The van der Waals surface area contributed by atoms with Gasteiger partial charge in [-0.25, -0.2) is 0 Å². The Labute approximate surface area is 149 Å². The van der Waals surface area contributed by atoms with Gasteiger partial charge in [0, 0.05) is 38.1 Å². The zero-order valence-corrected chi connectivity index (χ0v) is 15.1. The van der Waals surface area contributed by atoms with Gasteiger partial charge in [0.1, 0.15) is 0 Å². The highest BCUT2D eigenvalue weighted by Gasteiger charge is 2.28. The fourth-order valence-corrected chi connectivity index (χ4v) is 3.86. The molecule has 2 aliphatic rings. The number of carbonyl (C=O) groups excluding carboxylic acids is 2. The number of furan rings is 1. The van der Waals surface area contributed by atoms with E-state index in [1.54, 1.807) is 17.0 Å². The summed E-state index contributed by atoms with van der Waals surface area (Å²) >= 11 is 0. The highest BCUT2D eigenvalue weighted by atomic mass is 16.3. The summed E-state index contributed by atoms with van der Waals surface area (Å²) in [6.07, 6.45) is 6.79. The van der Waals surface area contributed by atoms with Crippen molar-refractivity contribution in [3.63, 3.8) is 0 Å². The number of hydrogen-bond acceptors (Lipinski definition) is 4. The first-order valence-electron chi connectivity index (χ1n) is 9.49. The molecular weight excluding hydrogens is 318 g/mol. The molecule has 138 valence electrons. The molecule has 0 unspecified atom stereocenters. The highest BCUT2D eigenvalue weighted by molar-refractivity contribution is 5.91. The summed E-state index contributed by atoms with van der Waals surface area (Å²) in [6.45, 7) is 6.29. The summed E-state index contributed by atoms with van der Waals surface area (Å²) in [5, 5.41) is 3.09. The Hall–Kier alpha value is -1.82. The normalized spacial score (nSPS) is 22.8. The molecule has 1 atom stereocenters. The summed E-state index contributed by atoms with van der Waals surface area (Å²) in [7, 11) is 0. The van der Waals surface area contributed by atoms with E-state index in [1.165, 1.54) is 25.5 Å². The largest absolute Gasteiger partial charge is 0.459 e. The maximum atomic E-state index is 12.4. The van der Waals surface area contributed by atoms with Crippen molar-refractivity contribution in [1.29, 1.82) is 0 Å². The van der Waals surface area contributed by atoms with E-state index in [0.29, 0.717) is 31.4 Å². The predicted molar refractivity (Wildman–Crippen MR) is 95.2 cm³/mol. The number of amides is 2. The van der Waals surface area contributed by atoms with Crippen LogP contribution in [0.15, 0.2) is 22.8 Å². The van der Waals surface area contributed by atoms with E-state index in [0.717, 1.165) is 25.9 Å². The fourth-order valence-electron chi connectivity index (χ4n) is 3.86. The van der Waals surface area contributed by atoms with Crippen LogP contribution in [-0.2, 0) is 4.79 Å². The monoisotopic (exact) mass is 347 g/mol. The Balaban J connectivity index is 1.37. The molecule has 1 aromatic heterocycles. The molecule has 2 aliphatic heterocycles. The molecule has 0 radical (unpaired) electrons. The molecule has 2 fully saturated rings. The molecule has 6 heteroatoms. The van der Waals surface area contributed by atoms with Crippen molar-refractivity contribution in [2.45, 2.75) is 45.1 Å². The van der Waals surface area contributed by atoms with Gasteiger partial charge in [0.15, 0.2) is 5.76 Å². The molecule has 2 saturated heterocycles. The average Bonchev–Trinajstić information content (AvgIpc) is 3.17. The maximum absolute atomic E-state index is 12.4. The van der Waals surface area contributed by atoms with Gasteiger partial charge in [-0.2, -0.15) is 0 Å². The van der Waals surface area contributed by atoms with Gasteiger partial charge in [0.05, 0.1) is 6.26 Å². The van der Waals surface area contributed by atoms with Crippen LogP contribution in [0.1, 0.15) is 49.6 Å². The lowest BCUT2D eigenvalue weighted by atomic mass is 9.95. The van der Waals surface area contributed by atoms with Crippen LogP contribution in [0.4, 0.5) is 0 Å². The number of rotatable bonds is 5. The second-order valence-electron chi connectivity index (χ2n) is 7.22. The van der Waals surface area contributed by atoms with Crippen LogP contribution in [0, 0.1) is 5.92 Å². The van der Waals surface area contributed by atoms with Crippen LogP contribution in [0.3, 0.4) is 0 Å². The van der Waals surface area contributed by atoms with E-state index in [2.05, 4.69) is 17.1 Å². The summed E-state index contributed by atoms with van der Waals surface area (Å²) in [5.74, 6) is 0.440. The molecule has 0 aromatic carbocycles. The lowest BCUT2D eigenvalue weighted by Gasteiger charge is -2.34. The van der Waals surface area contributed by atoms with Gasteiger partial charge < -0.3 is 14.6 Å². The Morgan fingerprint density at radius 1 is 1.20 bits per heavy atom. The molecule has 3 heterocycles. The first-order valence-corrected chi connectivity index (χ1v) is 9.49. The summed E-state index contributed by atoms with van der Waals surface area (Å²) < 4.78 is 5.17. The third kappa shape index (κ3) is 4.63. The zero-order chi connectivity index (χ0) is 17.6. The molecule has 3 rings (SSSR count). The van der Waals surface area contributed by atoms with E-state index in [1.807, 2.05) is 0 Å². The lowest BCUT2D eigenvalue weighted by molar-refractivity contribution is -0.126. The molecule has 0 spiro atoms. The quantitative estimate of drug-likeness (QED) is 0.886. The standard InChI is InChI=1S/C19H29N3O3/c1-15-5-2-3-10-21(15)13-9-20-18(23)16-7-11-22(12-8-16)19(24)17-6-4-14-25-17/h4,6,14-16H,2-3,5,7-13H2,1H3,(H,20,23)/t15-/m0/s1. The molecule has 2 amide bonds. The third-order valence-electron chi connectivity index (χ3n) is 5.52. The smallest absolute Gasteiger partial charge is 0.289 e. The molecule has 6 nitrogen and oxygen atoms in total.